The summed E-state index contributed by atoms with van der Waals surface area (Å²) in [7, 11) is -0.678. The first kappa shape index (κ1) is 16.7. The van der Waals surface area contributed by atoms with E-state index >= 15 is 0 Å². The summed E-state index contributed by atoms with van der Waals surface area (Å²) in [5.74, 6) is -0.251. The highest BCUT2D eigenvalue weighted by atomic mass is 31.1. The van der Waals surface area contributed by atoms with E-state index < -0.39 is 7.92 Å². The van der Waals surface area contributed by atoms with Crippen molar-refractivity contribution in [2.45, 2.75) is 20.0 Å². The van der Waals surface area contributed by atoms with Crippen LogP contribution in [0.1, 0.15) is 13.8 Å². The first-order chi connectivity index (χ1) is 11.7. The van der Waals surface area contributed by atoms with Crippen molar-refractivity contribution in [2.75, 3.05) is 0 Å². The highest BCUT2D eigenvalue weighted by Gasteiger charge is 2.26. The molecule has 0 fully saturated rings. The highest BCUT2D eigenvalue weighted by Crippen LogP contribution is 2.49. The van der Waals surface area contributed by atoms with E-state index in [1.165, 1.54) is 22.8 Å². The fourth-order valence-corrected chi connectivity index (χ4v) is 5.41. The molecule has 0 bridgehead atoms. The maximum Gasteiger partial charge on any atom is 0.303 e. The first-order valence-electron chi connectivity index (χ1n) is 8.00. The van der Waals surface area contributed by atoms with Gasteiger partial charge in [0.1, 0.15) is 6.10 Å². The van der Waals surface area contributed by atoms with E-state index in [4.69, 9.17) is 4.74 Å². The summed E-state index contributed by atoms with van der Waals surface area (Å²) in [4.78, 5) is 11.4. The molecule has 1 aliphatic rings. The van der Waals surface area contributed by atoms with Crippen LogP contribution in [0.25, 0.3) is 0 Å². The van der Waals surface area contributed by atoms with Crippen LogP contribution in [-0.4, -0.2) is 12.1 Å². The van der Waals surface area contributed by atoms with Crippen molar-refractivity contribution in [3.05, 3.63) is 90.1 Å². The Morgan fingerprint density at radius 3 is 2.00 bits per heavy atom. The molecule has 0 amide bonds. The predicted molar refractivity (Wildman–Crippen MR) is 101 cm³/mol. The Morgan fingerprint density at radius 1 is 0.958 bits per heavy atom. The van der Waals surface area contributed by atoms with E-state index in [0.717, 1.165) is 5.57 Å². The summed E-state index contributed by atoms with van der Waals surface area (Å²) in [6.07, 6.45) is 6.02. The largest absolute Gasteiger partial charge is 0.458 e. The van der Waals surface area contributed by atoms with Crippen LogP contribution in [0.3, 0.4) is 0 Å². The number of hydrogen-bond acceptors (Lipinski definition) is 2. The summed E-state index contributed by atoms with van der Waals surface area (Å²) in [5.41, 5.74) is 1.09. The van der Waals surface area contributed by atoms with E-state index in [9.17, 15) is 4.79 Å². The Labute approximate surface area is 144 Å². The lowest BCUT2D eigenvalue weighted by molar-refractivity contribution is -0.143. The van der Waals surface area contributed by atoms with Gasteiger partial charge in [0.2, 0.25) is 0 Å². The van der Waals surface area contributed by atoms with Crippen LogP contribution in [0.2, 0.25) is 0 Å². The van der Waals surface area contributed by atoms with Gasteiger partial charge in [-0.1, -0.05) is 72.8 Å². The number of hydrogen-bond donors (Lipinski definition) is 0. The van der Waals surface area contributed by atoms with Crippen molar-refractivity contribution < 1.29 is 9.53 Å². The predicted octanol–water partition coefficient (Wildman–Crippen LogP) is 4.10. The lowest BCUT2D eigenvalue weighted by Crippen LogP contribution is -2.18. The molecule has 121 valence electrons. The Hall–Kier alpha value is -2.18. The summed E-state index contributed by atoms with van der Waals surface area (Å²) in [5, 5.41) is 3.83. The van der Waals surface area contributed by atoms with Crippen molar-refractivity contribution >= 4 is 24.5 Å². The Bertz CT molecular complexity index is 723. The van der Waals surface area contributed by atoms with Gasteiger partial charge in [0, 0.05) is 13.3 Å². The molecule has 24 heavy (non-hydrogen) atoms. The van der Waals surface area contributed by atoms with Crippen LogP contribution in [0, 0.1) is 6.42 Å². The lowest BCUT2D eigenvalue weighted by atomic mass is 10.2. The number of rotatable bonds is 5. The van der Waals surface area contributed by atoms with Crippen LogP contribution in [0.4, 0.5) is 0 Å². The molecule has 1 atom stereocenters. The zero-order chi connectivity index (χ0) is 16.9. The fourth-order valence-electron chi connectivity index (χ4n) is 2.87. The topological polar surface area (TPSA) is 26.3 Å². The summed E-state index contributed by atoms with van der Waals surface area (Å²) in [6.45, 7) is 3.39. The molecule has 0 saturated heterocycles. The monoisotopic (exact) mass is 335 g/mol. The van der Waals surface area contributed by atoms with E-state index in [-0.39, 0.29) is 12.1 Å². The average Bonchev–Trinajstić information content (AvgIpc) is 3.06. The molecule has 0 N–H and O–H groups in total. The zero-order valence-corrected chi connectivity index (χ0v) is 14.7. The van der Waals surface area contributed by atoms with Crippen LogP contribution in [-0.2, 0) is 9.53 Å². The number of benzene rings is 2. The molecule has 0 spiro atoms. The van der Waals surface area contributed by atoms with Gasteiger partial charge in [-0.2, -0.15) is 0 Å². The van der Waals surface area contributed by atoms with Crippen LogP contribution < -0.4 is 10.6 Å². The average molecular weight is 335 g/mol. The molecule has 0 aliphatic heterocycles. The number of carbonyl (C=O) groups excluding carboxylic acids is 1. The van der Waals surface area contributed by atoms with Gasteiger partial charge < -0.3 is 4.74 Å². The molecule has 0 unspecified atom stereocenters. The molecule has 0 aromatic heterocycles. The number of carbonyl (C=O) groups is 1. The van der Waals surface area contributed by atoms with Crippen LogP contribution in [0.15, 0.2) is 83.7 Å². The number of allylic oxidation sites excluding steroid dienone is 2. The van der Waals surface area contributed by atoms with Gasteiger partial charge in [0.25, 0.3) is 0 Å². The maximum absolute atomic E-state index is 11.4. The Kier molecular flexibility index (Phi) is 5.27. The Balaban J connectivity index is 2.07. The van der Waals surface area contributed by atoms with Crippen LogP contribution >= 0.6 is 7.92 Å². The molecule has 1 aliphatic carbocycles. The van der Waals surface area contributed by atoms with E-state index in [1.54, 1.807) is 0 Å². The van der Waals surface area contributed by atoms with Crippen molar-refractivity contribution in [1.82, 2.24) is 0 Å². The van der Waals surface area contributed by atoms with Gasteiger partial charge >= 0.3 is 5.97 Å². The molecule has 3 heteroatoms. The van der Waals surface area contributed by atoms with Gasteiger partial charge in [-0.25, -0.2) is 0 Å². The third-order valence-electron chi connectivity index (χ3n) is 3.88. The van der Waals surface area contributed by atoms with E-state index in [2.05, 4.69) is 61.0 Å². The number of esters is 1. The van der Waals surface area contributed by atoms with Crippen molar-refractivity contribution in [1.29, 1.82) is 0 Å². The number of ether oxygens (including phenoxy) is 1. The minimum absolute atomic E-state index is 0.245. The second-order valence-corrected chi connectivity index (χ2v) is 7.81. The summed E-state index contributed by atoms with van der Waals surface area (Å²) in [6, 6.07) is 21.1. The van der Waals surface area contributed by atoms with E-state index in [1.807, 2.05) is 25.1 Å². The molecule has 0 saturated carbocycles. The zero-order valence-electron chi connectivity index (χ0n) is 13.8. The van der Waals surface area contributed by atoms with Crippen molar-refractivity contribution in [2.24, 2.45) is 0 Å². The van der Waals surface area contributed by atoms with Gasteiger partial charge in [-0.3, -0.25) is 4.79 Å². The molecular formula is C21H20O2P. The normalized spacial score (nSPS) is 15.0. The van der Waals surface area contributed by atoms with E-state index in [0.29, 0.717) is 0 Å². The fraction of sp³-hybridized carbons (Fsp3) is 0.143. The molecule has 2 nitrogen and oxygen atoms in total. The molecule has 1 radical (unpaired) electrons. The van der Waals surface area contributed by atoms with Crippen molar-refractivity contribution in [3.8, 4) is 0 Å². The first-order valence-corrected chi connectivity index (χ1v) is 9.34. The second kappa shape index (κ2) is 7.59. The smallest absolute Gasteiger partial charge is 0.303 e. The van der Waals surface area contributed by atoms with Crippen molar-refractivity contribution in [3.63, 3.8) is 0 Å². The quantitative estimate of drug-likeness (QED) is 0.607. The second-order valence-electron chi connectivity index (χ2n) is 5.62. The highest BCUT2D eigenvalue weighted by molar-refractivity contribution is 7.77. The molecule has 2 aromatic carbocycles. The van der Waals surface area contributed by atoms with Gasteiger partial charge in [0.15, 0.2) is 0 Å². The summed E-state index contributed by atoms with van der Waals surface area (Å²) < 4.78 is 5.43. The molecular weight excluding hydrogens is 315 g/mol. The maximum atomic E-state index is 11.4. The molecule has 3 rings (SSSR count). The minimum atomic E-state index is -0.678. The molecule has 0 heterocycles. The van der Waals surface area contributed by atoms with Crippen LogP contribution in [0.5, 0.6) is 0 Å². The van der Waals surface area contributed by atoms with Gasteiger partial charge in [0.05, 0.1) is 0 Å². The SMILES string of the molecule is CC(=O)O[C@H](C)C1=C(P(c2ccccc2)c2ccccc2)[CH]C=C1. The summed E-state index contributed by atoms with van der Waals surface area (Å²) >= 11 is 0. The molecule has 2 aromatic rings. The standard InChI is InChI=1S/C21H20O2P/c1-16(23-17(2)22)20-14-9-15-21(20)24(18-10-5-3-6-11-18)19-12-7-4-8-13-19/h3-16H,1-2H3/t16-/m1/s1. The Morgan fingerprint density at radius 2 is 1.50 bits per heavy atom. The van der Waals surface area contributed by atoms with Gasteiger partial charge in [-0.15, -0.1) is 0 Å². The third kappa shape index (κ3) is 3.66. The third-order valence-corrected chi connectivity index (χ3v) is 6.39. The lowest BCUT2D eigenvalue weighted by Gasteiger charge is -2.24. The minimum Gasteiger partial charge on any atom is -0.458 e. The van der Waals surface area contributed by atoms with Gasteiger partial charge in [-0.05, 0) is 36.3 Å².